The number of nitrogens with one attached hydrogen (secondary N) is 1. The Morgan fingerprint density at radius 1 is 0.852 bits per heavy atom. The van der Waals surface area contributed by atoms with E-state index in [0.29, 0.717) is 12.2 Å². The molecule has 5 heteroatoms. The van der Waals surface area contributed by atoms with E-state index in [2.05, 4.69) is 28.1 Å². The van der Waals surface area contributed by atoms with Crippen molar-refractivity contribution in [2.24, 2.45) is 0 Å². The highest BCUT2D eigenvalue weighted by Gasteiger charge is 2.25. The van der Waals surface area contributed by atoms with Crippen LogP contribution in [0.15, 0.2) is 77.6 Å². The number of pyridine rings is 1. The first-order valence-electron chi connectivity index (χ1n) is 9.11. The summed E-state index contributed by atoms with van der Waals surface area (Å²) in [6, 6.07) is 23.0. The molecular weight excluding hydrogens is 338 g/mol. The Hall–Kier alpha value is -3.34. The van der Waals surface area contributed by atoms with Gasteiger partial charge in [-0.25, -0.2) is 0 Å². The molecule has 1 aliphatic rings. The van der Waals surface area contributed by atoms with Crippen molar-refractivity contribution in [2.75, 3.05) is 22.9 Å². The van der Waals surface area contributed by atoms with Crippen molar-refractivity contribution in [1.29, 1.82) is 0 Å². The van der Waals surface area contributed by atoms with E-state index in [9.17, 15) is 9.59 Å². The van der Waals surface area contributed by atoms with Crippen LogP contribution in [0.1, 0.15) is 22.5 Å². The molecule has 3 aromatic rings. The van der Waals surface area contributed by atoms with Gasteiger partial charge in [-0.05, 0) is 30.2 Å². The SMILES string of the molecule is O=C(c1cccc(=O)[nH]1)N1CCCN(Cc2ccccc2)c2ccccc21. The zero-order chi connectivity index (χ0) is 18.6. The standard InChI is InChI=1S/C22H21N3O2/c26-21-13-6-10-18(23-21)22(27)25-15-7-14-24(16-17-8-2-1-3-9-17)19-11-4-5-12-20(19)25/h1-6,8-13H,7,14-16H2,(H,23,26). The summed E-state index contributed by atoms with van der Waals surface area (Å²) in [7, 11) is 0. The monoisotopic (exact) mass is 359 g/mol. The molecule has 0 aliphatic carbocycles. The van der Waals surface area contributed by atoms with Crippen LogP contribution in [0.5, 0.6) is 0 Å². The molecule has 0 radical (unpaired) electrons. The Morgan fingerprint density at radius 2 is 1.59 bits per heavy atom. The number of para-hydroxylation sites is 2. The van der Waals surface area contributed by atoms with Crippen LogP contribution in [-0.4, -0.2) is 24.0 Å². The topological polar surface area (TPSA) is 56.4 Å². The molecule has 1 aliphatic heterocycles. The van der Waals surface area contributed by atoms with Crippen LogP contribution < -0.4 is 15.4 Å². The van der Waals surface area contributed by atoms with E-state index in [0.717, 1.165) is 30.9 Å². The van der Waals surface area contributed by atoms with Gasteiger partial charge in [0.05, 0.1) is 11.4 Å². The molecule has 1 aromatic heterocycles. The fourth-order valence-corrected chi connectivity index (χ4v) is 3.52. The van der Waals surface area contributed by atoms with Gasteiger partial charge >= 0.3 is 0 Å². The highest BCUT2D eigenvalue weighted by molar-refractivity contribution is 6.06. The number of anilines is 2. The molecule has 136 valence electrons. The molecule has 0 unspecified atom stereocenters. The number of carbonyl (C=O) groups is 1. The molecule has 0 bridgehead atoms. The maximum absolute atomic E-state index is 13.1. The fourth-order valence-electron chi connectivity index (χ4n) is 3.52. The van der Waals surface area contributed by atoms with E-state index in [1.165, 1.54) is 11.6 Å². The minimum Gasteiger partial charge on any atom is -0.365 e. The van der Waals surface area contributed by atoms with E-state index in [1.807, 2.05) is 36.4 Å². The number of aromatic amines is 1. The van der Waals surface area contributed by atoms with Crippen LogP contribution in [0.25, 0.3) is 0 Å². The Bertz CT molecular complexity index is 997. The van der Waals surface area contributed by atoms with Gasteiger partial charge < -0.3 is 14.8 Å². The Kier molecular flexibility index (Phi) is 4.75. The van der Waals surface area contributed by atoms with Crippen LogP contribution >= 0.6 is 0 Å². The van der Waals surface area contributed by atoms with Crippen molar-refractivity contribution in [3.8, 4) is 0 Å². The molecule has 27 heavy (non-hydrogen) atoms. The van der Waals surface area contributed by atoms with Crippen LogP contribution in [0.4, 0.5) is 11.4 Å². The minimum atomic E-state index is -0.269. The lowest BCUT2D eigenvalue weighted by atomic mass is 10.1. The summed E-state index contributed by atoms with van der Waals surface area (Å²) in [6.45, 7) is 2.26. The largest absolute Gasteiger partial charge is 0.365 e. The predicted octanol–water partition coefficient (Wildman–Crippen LogP) is 3.43. The van der Waals surface area contributed by atoms with E-state index in [1.54, 1.807) is 17.0 Å². The molecular formula is C22H21N3O2. The van der Waals surface area contributed by atoms with Gasteiger partial charge in [-0.3, -0.25) is 9.59 Å². The number of nitrogens with zero attached hydrogens (tertiary/aromatic N) is 2. The lowest BCUT2D eigenvalue weighted by molar-refractivity contribution is 0.0982. The molecule has 0 atom stereocenters. The quantitative estimate of drug-likeness (QED) is 0.779. The maximum Gasteiger partial charge on any atom is 0.274 e. The van der Waals surface area contributed by atoms with Gasteiger partial charge in [-0.1, -0.05) is 48.5 Å². The third-order valence-electron chi connectivity index (χ3n) is 4.78. The number of fused-ring (bicyclic) bond motifs is 1. The number of aromatic nitrogens is 1. The second-order valence-corrected chi connectivity index (χ2v) is 6.63. The number of hydrogen-bond acceptors (Lipinski definition) is 3. The van der Waals surface area contributed by atoms with Gasteiger partial charge in [0.1, 0.15) is 5.69 Å². The van der Waals surface area contributed by atoms with E-state index in [-0.39, 0.29) is 11.5 Å². The van der Waals surface area contributed by atoms with Gasteiger partial charge in [0.2, 0.25) is 5.56 Å². The Labute approximate surface area is 157 Å². The Balaban J connectivity index is 1.69. The van der Waals surface area contributed by atoms with Crippen LogP contribution in [-0.2, 0) is 6.54 Å². The minimum absolute atomic E-state index is 0.179. The van der Waals surface area contributed by atoms with Gasteiger partial charge in [0.25, 0.3) is 5.91 Å². The highest BCUT2D eigenvalue weighted by atomic mass is 16.2. The third kappa shape index (κ3) is 3.62. The fraction of sp³-hybridized carbons (Fsp3) is 0.182. The summed E-state index contributed by atoms with van der Waals surface area (Å²) in [5, 5.41) is 0. The first kappa shape index (κ1) is 17.1. The van der Waals surface area contributed by atoms with Crippen molar-refractivity contribution in [3.05, 3.63) is 94.4 Å². The smallest absolute Gasteiger partial charge is 0.274 e. The average molecular weight is 359 g/mol. The first-order valence-corrected chi connectivity index (χ1v) is 9.11. The molecule has 2 heterocycles. The average Bonchev–Trinajstić information content (AvgIpc) is 2.88. The molecule has 2 aromatic carbocycles. The number of carbonyl (C=O) groups excluding carboxylic acids is 1. The van der Waals surface area contributed by atoms with Crippen molar-refractivity contribution in [3.63, 3.8) is 0 Å². The normalized spacial score (nSPS) is 13.8. The van der Waals surface area contributed by atoms with E-state index >= 15 is 0 Å². The summed E-state index contributed by atoms with van der Waals surface area (Å²) in [5.41, 5.74) is 3.19. The lowest BCUT2D eigenvalue weighted by Gasteiger charge is -2.26. The summed E-state index contributed by atoms with van der Waals surface area (Å²) < 4.78 is 0. The number of rotatable bonds is 3. The van der Waals surface area contributed by atoms with Gasteiger partial charge in [-0.2, -0.15) is 0 Å². The summed E-state index contributed by atoms with van der Waals surface area (Å²) >= 11 is 0. The molecule has 1 N–H and O–H groups in total. The second kappa shape index (κ2) is 7.50. The predicted molar refractivity (Wildman–Crippen MR) is 107 cm³/mol. The molecule has 0 saturated carbocycles. The number of H-pyrrole nitrogens is 1. The molecule has 0 saturated heterocycles. The number of hydrogen-bond donors (Lipinski definition) is 1. The maximum atomic E-state index is 13.1. The van der Waals surface area contributed by atoms with Crippen LogP contribution in [0, 0.1) is 0 Å². The van der Waals surface area contributed by atoms with Gasteiger partial charge in [-0.15, -0.1) is 0 Å². The third-order valence-corrected chi connectivity index (χ3v) is 4.78. The molecule has 4 rings (SSSR count). The number of amides is 1. The van der Waals surface area contributed by atoms with Gasteiger partial charge in [0.15, 0.2) is 0 Å². The summed E-state index contributed by atoms with van der Waals surface area (Å²) in [4.78, 5) is 31.4. The molecule has 1 amide bonds. The van der Waals surface area contributed by atoms with Crippen LogP contribution in [0.2, 0.25) is 0 Å². The zero-order valence-electron chi connectivity index (χ0n) is 15.0. The summed E-state index contributed by atoms with van der Waals surface area (Å²) in [6.07, 6.45) is 0.852. The summed E-state index contributed by atoms with van der Waals surface area (Å²) in [5.74, 6) is -0.179. The van der Waals surface area contributed by atoms with Crippen molar-refractivity contribution >= 4 is 17.3 Å². The highest BCUT2D eigenvalue weighted by Crippen LogP contribution is 2.33. The van der Waals surface area contributed by atoms with Crippen LogP contribution in [0.3, 0.4) is 0 Å². The zero-order valence-corrected chi connectivity index (χ0v) is 15.0. The van der Waals surface area contributed by atoms with Gasteiger partial charge in [0, 0.05) is 25.7 Å². The van der Waals surface area contributed by atoms with Crippen molar-refractivity contribution < 1.29 is 4.79 Å². The van der Waals surface area contributed by atoms with E-state index in [4.69, 9.17) is 0 Å². The lowest BCUT2D eigenvalue weighted by Crippen LogP contribution is -2.33. The first-order chi connectivity index (χ1) is 13.2. The van der Waals surface area contributed by atoms with Crippen molar-refractivity contribution in [1.82, 2.24) is 4.98 Å². The molecule has 0 fully saturated rings. The Morgan fingerprint density at radius 3 is 2.37 bits per heavy atom. The number of benzene rings is 2. The van der Waals surface area contributed by atoms with E-state index < -0.39 is 0 Å². The molecule has 5 nitrogen and oxygen atoms in total. The second-order valence-electron chi connectivity index (χ2n) is 6.63. The van der Waals surface area contributed by atoms with Crippen molar-refractivity contribution in [2.45, 2.75) is 13.0 Å². The molecule has 0 spiro atoms.